The average Bonchev–Trinajstić information content (AvgIpc) is 0.732. The number of aryl methyl sites for hydroxylation is 3. The van der Waals surface area contributed by atoms with Crippen molar-refractivity contribution in [1.29, 1.82) is 0 Å². The number of anilines is 6. The lowest BCUT2D eigenvalue weighted by Crippen LogP contribution is -2.10. The van der Waals surface area contributed by atoms with Gasteiger partial charge in [-0.1, -0.05) is 362 Å². The zero-order valence-corrected chi connectivity index (χ0v) is 63.4. The third kappa shape index (κ3) is 13.4. The average molecular weight is 1440 g/mol. The van der Waals surface area contributed by atoms with E-state index in [0.29, 0.717) is 0 Å². The fraction of sp³-hybridized carbons (Fsp3) is 0.0270. The van der Waals surface area contributed by atoms with Crippen molar-refractivity contribution >= 4 is 131 Å². The zero-order chi connectivity index (χ0) is 75.7. The Hall–Kier alpha value is -14.4. The lowest BCUT2D eigenvalue weighted by Gasteiger charge is -2.27. The van der Waals surface area contributed by atoms with Crippen molar-refractivity contribution in [2.24, 2.45) is 0 Å². The first-order valence-electron chi connectivity index (χ1n) is 39.1. The Morgan fingerprint density at radius 1 is 0.142 bits per heavy atom. The molecule has 0 heterocycles. The van der Waals surface area contributed by atoms with Gasteiger partial charge in [-0.05, 0) is 248 Å². The summed E-state index contributed by atoms with van der Waals surface area (Å²) in [6.07, 6.45) is 0. The van der Waals surface area contributed by atoms with Gasteiger partial charge in [-0.25, -0.2) is 0 Å². The van der Waals surface area contributed by atoms with E-state index in [2.05, 4.69) is 461 Å². The van der Waals surface area contributed by atoms with Crippen LogP contribution in [0, 0.1) is 20.8 Å². The standard InChI is InChI=1S/C44H32N2.C35H24.C32H24/c1-3-17-37(18-4-1)45(43-23-11-15-35-13-7-9-21-41(35)43)39-29-25-33(26-30-39)34-27-31-40(32-28-34)46(38-19-5-2-6-20-38)44-24-12-16-36-14-8-10-22-42(36)44;1-23-14-19-32-33(20-23)35(29-18-16-25-9-3-5-11-27(25)22-29)31-13-7-6-12-30(31)34(32)28-17-15-24-8-2-4-10-26(24)21-28;1-21-11-15-23(16-12-21)31-27-9-5-6-10-28(27)32(24-17-13-22(2)14-18-24)30-20-26-8-4-3-7-25(26)19-29(30)31/h1-32H;2-22H,1H3;3-20H,1-2H3. The van der Waals surface area contributed by atoms with Crippen molar-refractivity contribution in [3.63, 3.8) is 0 Å². The van der Waals surface area contributed by atoms with Crippen LogP contribution in [0.25, 0.3) is 153 Å². The molecular formula is C111H80N2. The number of fused-ring (bicyclic) bond motifs is 9. The maximum Gasteiger partial charge on any atom is 0.0540 e. The van der Waals surface area contributed by atoms with Crippen LogP contribution < -0.4 is 9.80 Å². The molecular weight excluding hydrogens is 1360 g/mol. The normalized spacial score (nSPS) is 11.3. The van der Waals surface area contributed by atoms with E-state index in [9.17, 15) is 0 Å². The number of hydrogen-bond donors (Lipinski definition) is 0. The van der Waals surface area contributed by atoms with E-state index in [1.54, 1.807) is 0 Å². The second-order valence-electron chi connectivity index (χ2n) is 29.7. The van der Waals surface area contributed by atoms with E-state index in [4.69, 9.17) is 0 Å². The maximum atomic E-state index is 2.38. The molecule has 0 radical (unpaired) electrons. The van der Waals surface area contributed by atoms with Crippen molar-refractivity contribution in [3.8, 4) is 55.6 Å². The molecule has 21 rings (SSSR count). The third-order valence-electron chi connectivity index (χ3n) is 22.5. The SMILES string of the molecule is Cc1ccc(-c2c3ccccc3c(-c3ccc(C)cc3)c3cc4ccccc4cc23)cc1.Cc1ccc2c(-c3ccc4ccccc4c3)c3ccccc3c(-c3ccc4ccccc4c3)c2c1.c1ccc(N(c2ccc(-c3ccc(N(c4ccccc4)c4cccc5ccccc45)cc3)cc2)c2cccc3ccccc23)cc1. The van der Waals surface area contributed by atoms with Gasteiger partial charge in [0.1, 0.15) is 0 Å². The molecule has 0 amide bonds. The van der Waals surface area contributed by atoms with Gasteiger partial charge in [-0.2, -0.15) is 0 Å². The lowest BCUT2D eigenvalue weighted by atomic mass is 9.84. The van der Waals surface area contributed by atoms with Gasteiger partial charge in [0.25, 0.3) is 0 Å². The largest absolute Gasteiger partial charge is 0.310 e. The van der Waals surface area contributed by atoms with Gasteiger partial charge in [-0.3, -0.25) is 0 Å². The molecule has 21 aromatic rings. The molecule has 0 saturated carbocycles. The molecule has 2 heteroatoms. The number of rotatable bonds is 11. The maximum absolute atomic E-state index is 2.38. The van der Waals surface area contributed by atoms with Gasteiger partial charge in [0.15, 0.2) is 0 Å². The van der Waals surface area contributed by atoms with Gasteiger partial charge >= 0.3 is 0 Å². The van der Waals surface area contributed by atoms with Gasteiger partial charge in [0, 0.05) is 33.5 Å². The molecule has 0 spiro atoms. The lowest BCUT2D eigenvalue weighted by molar-refractivity contribution is 1.29. The van der Waals surface area contributed by atoms with Gasteiger partial charge in [0.2, 0.25) is 0 Å². The fourth-order valence-corrected chi connectivity index (χ4v) is 17.0. The molecule has 0 atom stereocenters. The Labute approximate surface area is 660 Å². The summed E-state index contributed by atoms with van der Waals surface area (Å²) in [6, 6.07) is 156. The third-order valence-corrected chi connectivity index (χ3v) is 22.5. The van der Waals surface area contributed by atoms with Crippen molar-refractivity contribution < 1.29 is 0 Å². The van der Waals surface area contributed by atoms with E-state index in [-0.39, 0.29) is 0 Å². The van der Waals surface area contributed by atoms with E-state index in [0.717, 1.165) is 34.1 Å². The van der Waals surface area contributed by atoms with E-state index in [1.165, 1.54) is 169 Å². The first-order valence-corrected chi connectivity index (χ1v) is 39.1. The van der Waals surface area contributed by atoms with Crippen LogP contribution in [0.15, 0.2) is 431 Å². The van der Waals surface area contributed by atoms with Crippen LogP contribution in [0.1, 0.15) is 16.7 Å². The Morgan fingerprint density at radius 2 is 0.407 bits per heavy atom. The summed E-state index contributed by atoms with van der Waals surface area (Å²) >= 11 is 0. The molecule has 0 saturated heterocycles. The molecule has 0 aromatic heterocycles. The highest BCUT2D eigenvalue weighted by Gasteiger charge is 2.22. The van der Waals surface area contributed by atoms with Crippen LogP contribution in [0.3, 0.4) is 0 Å². The molecule has 0 unspecified atom stereocenters. The molecule has 0 N–H and O–H groups in total. The molecule has 0 aliphatic heterocycles. The van der Waals surface area contributed by atoms with Gasteiger partial charge < -0.3 is 9.80 Å². The van der Waals surface area contributed by atoms with Crippen LogP contribution in [0.5, 0.6) is 0 Å². The van der Waals surface area contributed by atoms with Crippen LogP contribution in [-0.2, 0) is 0 Å². The fourth-order valence-electron chi connectivity index (χ4n) is 17.0. The van der Waals surface area contributed by atoms with Gasteiger partial charge in [-0.15, -0.1) is 0 Å². The predicted octanol–water partition coefficient (Wildman–Crippen LogP) is 31.6. The minimum atomic E-state index is 1.12. The Bertz CT molecular complexity index is 6810. The smallest absolute Gasteiger partial charge is 0.0540 e. The number of benzene rings is 21. The molecule has 0 bridgehead atoms. The summed E-state index contributed by atoms with van der Waals surface area (Å²) in [6.45, 7) is 6.48. The van der Waals surface area contributed by atoms with E-state index < -0.39 is 0 Å². The van der Waals surface area contributed by atoms with Crippen LogP contribution in [0.4, 0.5) is 34.1 Å². The summed E-state index contributed by atoms with van der Waals surface area (Å²) < 4.78 is 0. The first-order chi connectivity index (χ1) is 55.8. The minimum absolute atomic E-state index is 1.12. The number of hydrogen-bond acceptors (Lipinski definition) is 2. The van der Waals surface area contributed by atoms with Crippen molar-refractivity contribution in [2.75, 3.05) is 9.80 Å². The van der Waals surface area contributed by atoms with Crippen molar-refractivity contribution in [1.82, 2.24) is 0 Å². The highest BCUT2D eigenvalue weighted by molar-refractivity contribution is 6.25. The first kappa shape index (κ1) is 69.0. The zero-order valence-electron chi connectivity index (χ0n) is 63.4. The van der Waals surface area contributed by atoms with Crippen LogP contribution in [0.2, 0.25) is 0 Å². The molecule has 0 aliphatic carbocycles. The minimum Gasteiger partial charge on any atom is -0.310 e. The summed E-state index contributed by atoms with van der Waals surface area (Å²) in [5.74, 6) is 0. The summed E-state index contributed by atoms with van der Waals surface area (Å²) in [5, 5.41) is 23.0. The molecule has 0 fully saturated rings. The summed E-state index contributed by atoms with van der Waals surface area (Å²) in [7, 11) is 0. The molecule has 2 nitrogen and oxygen atoms in total. The second kappa shape index (κ2) is 30.2. The highest BCUT2D eigenvalue weighted by atomic mass is 15.1. The van der Waals surface area contributed by atoms with Crippen molar-refractivity contribution in [3.05, 3.63) is 447 Å². The summed E-state index contributed by atoms with van der Waals surface area (Å²) in [4.78, 5) is 4.69. The Balaban J connectivity index is 0.000000116. The van der Waals surface area contributed by atoms with Crippen LogP contribution >= 0.6 is 0 Å². The second-order valence-corrected chi connectivity index (χ2v) is 29.7. The van der Waals surface area contributed by atoms with E-state index >= 15 is 0 Å². The molecule has 21 aromatic carbocycles. The monoisotopic (exact) mass is 1440 g/mol. The molecule has 0 aliphatic rings. The van der Waals surface area contributed by atoms with E-state index in [1.807, 2.05) is 0 Å². The Morgan fingerprint density at radius 3 is 0.805 bits per heavy atom. The highest BCUT2D eigenvalue weighted by Crippen LogP contribution is 2.49. The van der Waals surface area contributed by atoms with Crippen LogP contribution in [-0.4, -0.2) is 0 Å². The number of para-hydroxylation sites is 2. The summed E-state index contributed by atoms with van der Waals surface area (Å²) in [5.41, 5.74) is 23.3. The quantitative estimate of drug-likeness (QED) is 0.119. The topological polar surface area (TPSA) is 6.48 Å². The molecule has 113 heavy (non-hydrogen) atoms. The van der Waals surface area contributed by atoms with Crippen molar-refractivity contribution in [2.45, 2.75) is 20.8 Å². The number of nitrogens with zero attached hydrogens (tertiary/aromatic N) is 2. The predicted molar refractivity (Wildman–Crippen MR) is 488 cm³/mol. The Kier molecular flexibility index (Phi) is 18.5. The van der Waals surface area contributed by atoms with Gasteiger partial charge in [0.05, 0.1) is 11.4 Å². The molecule has 534 valence electrons.